The molecule has 0 bridgehead atoms. The van der Waals surface area contributed by atoms with Crippen molar-refractivity contribution in [1.29, 1.82) is 0 Å². The monoisotopic (exact) mass is 371 g/mol. The highest BCUT2D eigenvalue weighted by molar-refractivity contribution is 9.10. The number of carboxylic acids is 1. The van der Waals surface area contributed by atoms with E-state index in [-0.39, 0.29) is 21.8 Å². The summed E-state index contributed by atoms with van der Waals surface area (Å²) in [6, 6.07) is 8.00. The molecule has 0 saturated heterocycles. The molecule has 1 amide bonds. The Morgan fingerprint density at radius 3 is 2.57 bits per heavy atom. The molecule has 0 atom stereocenters. The molecule has 0 fully saturated rings. The van der Waals surface area contributed by atoms with E-state index >= 15 is 0 Å². The van der Waals surface area contributed by atoms with Crippen molar-refractivity contribution in [3.63, 3.8) is 0 Å². The van der Waals surface area contributed by atoms with Crippen LogP contribution in [0.1, 0.15) is 20.7 Å². The number of hydrogen-bond acceptors (Lipinski definition) is 2. The lowest BCUT2D eigenvalue weighted by Gasteiger charge is -2.09. The topological polar surface area (TPSA) is 66.4 Å². The van der Waals surface area contributed by atoms with Crippen LogP contribution in [0.3, 0.4) is 0 Å². The number of halogens is 3. The molecule has 2 aromatic carbocycles. The number of hydrogen-bond donors (Lipinski definition) is 2. The molecule has 0 radical (unpaired) electrons. The largest absolute Gasteiger partial charge is 0.478 e. The van der Waals surface area contributed by atoms with Crippen LogP contribution in [0.15, 0.2) is 40.9 Å². The summed E-state index contributed by atoms with van der Waals surface area (Å²) >= 11 is 8.88. The minimum Gasteiger partial charge on any atom is -0.478 e. The van der Waals surface area contributed by atoms with Crippen LogP contribution in [0.25, 0.3) is 0 Å². The summed E-state index contributed by atoms with van der Waals surface area (Å²) in [4.78, 5) is 23.0. The lowest BCUT2D eigenvalue weighted by molar-refractivity contribution is 0.0696. The summed E-state index contributed by atoms with van der Waals surface area (Å²) in [6.45, 7) is 0. The van der Waals surface area contributed by atoms with Gasteiger partial charge in [-0.3, -0.25) is 4.79 Å². The van der Waals surface area contributed by atoms with Gasteiger partial charge in [0.1, 0.15) is 5.82 Å². The Morgan fingerprint density at radius 1 is 1.24 bits per heavy atom. The van der Waals surface area contributed by atoms with Gasteiger partial charge in [-0.15, -0.1) is 0 Å². The maximum atomic E-state index is 13.7. The third-order valence-corrected chi connectivity index (χ3v) is 3.47. The van der Waals surface area contributed by atoms with E-state index < -0.39 is 17.7 Å². The van der Waals surface area contributed by atoms with Crippen molar-refractivity contribution < 1.29 is 19.1 Å². The second-order valence-electron chi connectivity index (χ2n) is 4.08. The van der Waals surface area contributed by atoms with Crippen molar-refractivity contribution in [2.45, 2.75) is 0 Å². The third kappa shape index (κ3) is 3.59. The van der Waals surface area contributed by atoms with Crippen LogP contribution in [0.2, 0.25) is 5.02 Å². The quantitative estimate of drug-likeness (QED) is 0.849. The maximum absolute atomic E-state index is 13.7. The van der Waals surface area contributed by atoms with Crippen LogP contribution in [0.4, 0.5) is 10.1 Å². The predicted octanol–water partition coefficient (Wildman–Crippen LogP) is 4.19. The minimum atomic E-state index is -1.18. The molecule has 0 heterocycles. The van der Waals surface area contributed by atoms with Crippen LogP contribution < -0.4 is 5.32 Å². The van der Waals surface area contributed by atoms with Crippen molar-refractivity contribution in [3.05, 3.63) is 62.8 Å². The summed E-state index contributed by atoms with van der Waals surface area (Å²) in [7, 11) is 0. The predicted molar refractivity (Wildman–Crippen MR) is 80.5 cm³/mol. The summed E-state index contributed by atoms with van der Waals surface area (Å²) in [5.74, 6) is -2.58. The number of amides is 1. The second-order valence-corrected chi connectivity index (χ2v) is 5.38. The van der Waals surface area contributed by atoms with Gasteiger partial charge in [-0.05, 0) is 46.3 Å². The molecule has 4 nitrogen and oxygen atoms in total. The molecule has 21 heavy (non-hydrogen) atoms. The lowest BCUT2D eigenvalue weighted by Crippen LogP contribution is -2.15. The number of nitrogens with one attached hydrogen (secondary N) is 1. The summed E-state index contributed by atoms with van der Waals surface area (Å²) in [6.07, 6.45) is 0. The fourth-order valence-electron chi connectivity index (χ4n) is 1.69. The van der Waals surface area contributed by atoms with E-state index in [0.717, 1.165) is 6.07 Å². The summed E-state index contributed by atoms with van der Waals surface area (Å²) < 4.78 is 14.0. The average Bonchev–Trinajstić information content (AvgIpc) is 2.37. The third-order valence-electron chi connectivity index (χ3n) is 2.59. The first-order chi connectivity index (χ1) is 9.88. The van der Waals surface area contributed by atoms with Gasteiger partial charge >= 0.3 is 5.97 Å². The lowest BCUT2D eigenvalue weighted by atomic mass is 10.1. The first kappa shape index (κ1) is 15.5. The van der Waals surface area contributed by atoms with Crippen molar-refractivity contribution in [2.75, 3.05) is 5.32 Å². The Balaban J connectivity index is 2.34. The second kappa shape index (κ2) is 6.24. The molecule has 0 saturated carbocycles. The molecule has 0 unspecified atom stereocenters. The standard InChI is InChI=1S/C14H8BrClFNO3/c15-10-2-1-3-11(17)12(10)13(19)18-9-5-7(14(20)21)4-8(16)6-9/h1-6H,(H,18,19)(H,20,21). The zero-order valence-electron chi connectivity index (χ0n) is 10.4. The molecular formula is C14H8BrClFNO3. The molecule has 2 aromatic rings. The number of carbonyl (C=O) groups is 2. The van der Waals surface area contributed by atoms with E-state index in [2.05, 4.69) is 21.2 Å². The number of carbonyl (C=O) groups excluding carboxylic acids is 1. The number of benzene rings is 2. The summed E-state index contributed by atoms with van der Waals surface area (Å²) in [5.41, 5.74) is -0.0835. The molecule has 2 N–H and O–H groups in total. The SMILES string of the molecule is O=C(O)c1cc(Cl)cc(NC(=O)c2c(F)cccc2Br)c1. The molecule has 0 aliphatic rings. The molecule has 0 spiro atoms. The zero-order chi connectivity index (χ0) is 15.6. The maximum Gasteiger partial charge on any atom is 0.335 e. The Hall–Kier alpha value is -1.92. The van der Waals surface area contributed by atoms with Gasteiger partial charge in [0.05, 0.1) is 11.1 Å². The van der Waals surface area contributed by atoms with Crippen LogP contribution in [0, 0.1) is 5.82 Å². The highest BCUT2D eigenvalue weighted by atomic mass is 79.9. The molecule has 2 rings (SSSR count). The number of anilines is 1. The Kier molecular flexibility index (Phi) is 4.59. The van der Waals surface area contributed by atoms with E-state index in [9.17, 15) is 14.0 Å². The van der Waals surface area contributed by atoms with E-state index in [4.69, 9.17) is 16.7 Å². The molecule has 108 valence electrons. The van der Waals surface area contributed by atoms with Crippen molar-refractivity contribution >= 4 is 45.1 Å². The summed E-state index contributed by atoms with van der Waals surface area (Å²) in [5, 5.41) is 11.5. The smallest absolute Gasteiger partial charge is 0.335 e. The van der Waals surface area contributed by atoms with Gasteiger partial charge in [-0.2, -0.15) is 0 Å². The Bertz CT molecular complexity index is 716. The fraction of sp³-hybridized carbons (Fsp3) is 0. The number of carboxylic acid groups (broad SMARTS) is 1. The zero-order valence-corrected chi connectivity index (χ0v) is 12.7. The van der Waals surface area contributed by atoms with Gasteiger partial charge in [0.25, 0.3) is 5.91 Å². The van der Waals surface area contributed by atoms with Gasteiger partial charge in [0.2, 0.25) is 0 Å². The van der Waals surface area contributed by atoms with Gasteiger partial charge in [0, 0.05) is 15.2 Å². The Labute approximate surface area is 132 Å². The van der Waals surface area contributed by atoms with Gasteiger partial charge in [0.15, 0.2) is 0 Å². The average molecular weight is 373 g/mol. The minimum absolute atomic E-state index is 0.0783. The number of rotatable bonds is 3. The van der Waals surface area contributed by atoms with Gasteiger partial charge in [-0.1, -0.05) is 17.7 Å². The normalized spacial score (nSPS) is 10.2. The molecule has 0 aromatic heterocycles. The van der Waals surface area contributed by atoms with E-state index in [1.807, 2.05) is 0 Å². The highest BCUT2D eigenvalue weighted by Crippen LogP contribution is 2.23. The van der Waals surface area contributed by atoms with E-state index in [0.29, 0.717) is 4.47 Å². The molecule has 0 aliphatic heterocycles. The Morgan fingerprint density at radius 2 is 1.95 bits per heavy atom. The first-order valence-corrected chi connectivity index (χ1v) is 6.85. The molecule has 7 heteroatoms. The first-order valence-electron chi connectivity index (χ1n) is 5.67. The highest BCUT2D eigenvalue weighted by Gasteiger charge is 2.16. The van der Waals surface area contributed by atoms with E-state index in [1.165, 1.54) is 30.3 Å². The van der Waals surface area contributed by atoms with Crippen LogP contribution >= 0.6 is 27.5 Å². The van der Waals surface area contributed by atoms with Crippen molar-refractivity contribution in [2.24, 2.45) is 0 Å². The molecule has 0 aliphatic carbocycles. The van der Waals surface area contributed by atoms with Crippen LogP contribution in [-0.2, 0) is 0 Å². The van der Waals surface area contributed by atoms with Gasteiger partial charge < -0.3 is 10.4 Å². The van der Waals surface area contributed by atoms with Crippen LogP contribution in [-0.4, -0.2) is 17.0 Å². The van der Waals surface area contributed by atoms with Crippen molar-refractivity contribution in [3.8, 4) is 0 Å². The van der Waals surface area contributed by atoms with Gasteiger partial charge in [-0.25, -0.2) is 9.18 Å². The van der Waals surface area contributed by atoms with Crippen molar-refractivity contribution in [1.82, 2.24) is 0 Å². The number of aromatic carboxylic acids is 1. The fourth-order valence-corrected chi connectivity index (χ4v) is 2.45. The van der Waals surface area contributed by atoms with E-state index in [1.54, 1.807) is 0 Å². The van der Waals surface area contributed by atoms with Crippen LogP contribution in [0.5, 0.6) is 0 Å². The molecular weight excluding hydrogens is 365 g/mol.